The second-order valence-corrected chi connectivity index (χ2v) is 3.24. The second-order valence-electron chi connectivity index (χ2n) is 3.24. The fourth-order valence-electron chi connectivity index (χ4n) is 1.50. The van der Waals surface area contributed by atoms with Crippen LogP contribution in [0.25, 0.3) is 0 Å². The molecule has 1 N–H and O–H groups in total. The zero-order valence-electron chi connectivity index (χ0n) is 8.35. The number of carboxylic acid groups (broad SMARTS) is 1. The van der Waals surface area contributed by atoms with Crippen LogP contribution in [0, 0.1) is 5.92 Å². The van der Waals surface area contributed by atoms with Crippen molar-refractivity contribution in [2.45, 2.75) is 6.42 Å². The number of carboxylic acids is 1. The van der Waals surface area contributed by atoms with Crippen molar-refractivity contribution in [1.82, 2.24) is 4.90 Å². The van der Waals surface area contributed by atoms with E-state index >= 15 is 0 Å². The van der Waals surface area contributed by atoms with Crippen molar-refractivity contribution in [1.29, 1.82) is 0 Å². The predicted octanol–water partition coefficient (Wildman–Crippen LogP) is 1.18. The molecule has 0 aliphatic carbocycles. The number of amides is 1. The standard InChI is InChI=1S/C11H13NO3/c1-3-8(11(14)15)7-9-5-6-12(4-2)10(9)13/h3-4,7,9H,1-2,5-6H2,(H,14,15). The summed E-state index contributed by atoms with van der Waals surface area (Å²) in [5.74, 6) is -1.53. The lowest BCUT2D eigenvalue weighted by Gasteiger charge is -2.08. The average molecular weight is 207 g/mol. The summed E-state index contributed by atoms with van der Waals surface area (Å²) in [4.78, 5) is 23.8. The monoisotopic (exact) mass is 207 g/mol. The van der Waals surface area contributed by atoms with E-state index in [1.54, 1.807) is 0 Å². The first-order chi connectivity index (χ1) is 7.10. The number of hydrogen-bond acceptors (Lipinski definition) is 2. The van der Waals surface area contributed by atoms with Gasteiger partial charge in [-0.3, -0.25) is 4.79 Å². The van der Waals surface area contributed by atoms with E-state index in [1.165, 1.54) is 23.3 Å². The van der Waals surface area contributed by atoms with Gasteiger partial charge < -0.3 is 10.0 Å². The number of rotatable bonds is 4. The van der Waals surface area contributed by atoms with Gasteiger partial charge in [0, 0.05) is 6.54 Å². The Morgan fingerprint density at radius 1 is 1.53 bits per heavy atom. The summed E-state index contributed by atoms with van der Waals surface area (Å²) in [7, 11) is 0. The maximum atomic E-state index is 11.6. The van der Waals surface area contributed by atoms with Crippen molar-refractivity contribution in [3.05, 3.63) is 37.1 Å². The van der Waals surface area contributed by atoms with E-state index in [1.807, 2.05) is 0 Å². The number of hydrogen-bond donors (Lipinski definition) is 1. The molecule has 0 bridgehead atoms. The summed E-state index contributed by atoms with van der Waals surface area (Å²) in [6.45, 7) is 7.50. The van der Waals surface area contributed by atoms with E-state index in [0.29, 0.717) is 13.0 Å². The lowest BCUT2D eigenvalue weighted by atomic mass is 10.0. The van der Waals surface area contributed by atoms with Crippen molar-refractivity contribution in [3.8, 4) is 0 Å². The normalized spacial score (nSPS) is 21.6. The minimum atomic E-state index is -1.06. The van der Waals surface area contributed by atoms with Crippen LogP contribution in [0.2, 0.25) is 0 Å². The van der Waals surface area contributed by atoms with Gasteiger partial charge >= 0.3 is 5.97 Å². The maximum absolute atomic E-state index is 11.6. The minimum Gasteiger partial charge on any atom is -0.478 e. The number of nitrogens with zero attached hydrogens (tertiary/aromatic N) is 1. The van der Waals surface area contributed by atoms with Crippen LogP contribution < -0.4 is 0 Å². The highest BCUT2D eigenvalue weighted by Crippen LogP contribution is 2.21. The molecule has 0 aromatic carbocycles. The van der Waals surface area contributed by atoms with Crippen LogP contribution in [0.5, 0.6) is 0 Å². The molecule has 0 spiro atoms. The molecule has 1 aliphatic heterocycles. The number of carbonyl (C=O) groups excluding carboxylic acids is 1. The van der Waals surface area contributed by atoms with Gasteiger partial charge in [-0.25, -0.2) is 4.79 Å². The van der Waals surface area contributed by atoms with E-state index in [9.17, 15) is 9.59 Å². The average Bonchev–Trinajstić information content (AvgIpc) is 2.55. The Morgan fingerprint density at radius 2 is 2.20 bits per heavy atom. The predicted molar refractivity (Wildman–Crippen MR) is 55.9 cm³/mol. The van der Waals surface area contributed by atoms with Crippen LogP contribution in [-0.2, 0) is 9.59 Å². The number of likely N-dealkylation sites (tertiary alicyclic amines) is 1. The van der Waals surface area contributed by atoms with E-state index in [0.717, 1.165) is 0 Å². The quantitative estimate of drug-likeness (QED) is 0.556. The zero-order valence-corrected chi connectivity index (χ0v) is 8.35. The van der Waals surface area contributed by atoms with Crippen molar-refractivity contribution < 1.29 is 14.7 Å². The van der Waals surface area contributed by atoms with Crippen LogP contribution in [0.4, 0.5) is 0 Å². The van der Waals surface area contributed by atoms with Gasteiger partial charge in [-0.05, 0) is 12.6 Å². The largest absolute Gasteiger partial charge is 0.478 e. The molecule has 1 aliphatic rings. The number of carbonyl (C=O) groups is 2. The molecule has 0 saturated carbocycles. The molecule has 4 nitrogen and oxygen atoms in total. The van der Waals surface area contributed by atoms with E-state index < -0.39 is 5.97 Å². The molecule has 1 amide bonds. The molecular weight excluding hydrogens is 194 g/mol. The van der Waals surface area contributed by atoms with Crippen LogP contribution in [0.1, 0.15) is 6.42 Å². The summed E-state index contributed by atoms with van der Waals surface area (Å²) < 4.78 is 0. The summed E-state index contributed by atoms with van der Waals surface area (Å²) in [5.41, 5.74) is 0.0688. The van der Waals surface area contributed by atoms with Crippen LogP contribution in [-0.4, -0.2) is 28.4 Å². The van der Waals surface area contributed by atoms with Crippen LogP contribution >= 0.6 is 0 Å². The molecule has 15 heavy (non-hydrogen) atoms. The Labute approximate surface area is 88.2 Å². The summed E-state index contributed by atoms with van der Waals surface area (Å²) in [5, 5.41) is 8.76. The van der Waals surface area contributed by atoms with E-state index in [2.05, 4.69) is 13.2 Å². The van der Waals surface area contributed by atoms with Gasteiger partial charge in [0.1, 0.15) is 0 Å². The van der Waals surface area contributed by atoms with Crippen molar-refractivity contribution in [2.75, 3.05) is 6.54 Å². The summed E-state index contributed by atoms with van der Waals surface area (Å²) in [6.07, 6.45) is 4.77. The van der Waals surface area contributed by atoms with Crippen LogP contribution in [0.15, 0.2) is 37.1 Å². The Hall–Kier alpha value is -1.84. The fourth-order valence-corrected chi connectivity index (χ4v) is 1.50. The second kappa shape index (κ2) is 4.59. The highest BCUT2D eigenvalue weighted by Gasteiger charge is 2.28. The SMILES string of the molecule is C=CC(=CC1CCN(C=C)C1=O)C(=O)O. The Kier molecular flexibility index (Phi) is 3.44. The molecule has 1 heterocycles. The van der Waals surface area contributed by atoms with Crippen molar-refractivity contribution >= 4 is 11.9 Å². The molecule has 0 aromatic heterocycles. The fraction of sp³-hybridized carbons (Fsp3) is 0.273. The Morgan fingerprint density at radius 3 is 2.60 bits per heavy atom. The smallest absolute Gasteiger partial charge is 0.335 e. The number of aliphatic carboxylic acids is 1. The van der Waals surface area contributed by atoms with E-state index in [-0.39, 0.29) is 17.4 Å². The first-order valence-electron chi connectivity index (χ1n) is 4.60. The summed E-state index contributed by atoms with van der Waals surface area (Å²) >= 11 is 0. The third-order valence-corrected chi connectivity index (χ3v) is 2.35. The lowest BCUT2D eigenvalue weighted by Crippen LogP contribution is -2.21. The molecular formula is C11H13NO3. The Balaban J connectivity index is 2.83. The van der Waals surface area contributed by atoms with Crippen molar-refractivity contribution in [2.24, 2.45) is 5.92 Å². The molecule has 4 heteroatoms. The molecule has 1 unspecified atom stereocenters. The summed E-state index contributed by atoms with van der Waals surface area (Å²) in [6, 6.07) is 0. The van der Waals surface area contributed by atoms with Gasteiger partial charge in [0.05, 0.1) is 11.5 Å². The first-order valence-corrected chi connectivity index (χ1v) is 4.60. The topological polar surface area (TPSA) is 57.6 Å². The molecule has 80 valence electrons. The maximum Gasteiger partial charge on any atom is 0.335 e. The Bertz CT molecular complexity index is 344. The third-order valence-electron chi connectivity index (χ3n) is 2.35. The lowest BCUT2D eigenvalue weighted by molar-refractivity contribution is -0.132. The van der Waals surface area contributed by atoms with Gasteiger partial charge in [0.2, 0.25) is 5.91 Å². The van der Waals surface area contributed by atoms with Gasteiger partial charge in [0.15, 0.2) is 0 Å². The van der Waals surface area contributed by atoms with Crippen molar-refractivity contribution in [3.63, 3.8) is 0 Å². The molecule has 1 fully saturated rings. The molecule has 1 atom stereocenters. The zero-order chi connectivity index (χ0) is 11.4. The highest BCUT2D eigenvalue weighted by atomic mass is 16.4. The molecule has 0 aromatic rings. The highest BCUT2D eigenvalue weighted by molar-refractivity contribution is 5.92. The minimum absolute atomic E-state index is 0.0688. The molecule has 0 radical (unpaired) electrons. The van der Waals surface area contributed by atoms with Crippen LogP contribution in [0.3, 0.4) is 0 Å². The van der Waals surface area contributed by atoms with Gasteiger partial charge in [-0.1, -0.05) is 25.3 Å². The molecule has 1 saturated heterocycles. The van der Waals surface area contributed by atoms with E-state index in [4.69, 9.17) is 5.11 Å². The third kappa shape index (κ3) is 2.34. The first kappa shape index (κ1) is 11.2. The van der Waals surface area contributed by atoms with Gasteiger partial charge in [0.25, 0.3) is 0 Å². The molecule has 1 rings (SSSR count). The van der Waals surface area contributed by atoms with Gasteiger partial charge in [-0.15, -0.1) is 0 Å². The van der Waals surface area contributed by atoms with Gasteiger partial charge in [-0.2, -0.15) is 0 Å².